The van der Waals surface area contributed by atoms with Gasteiger partial charge in [0.2, 0.25) is 5.91 Å². The number of carbonyl (C=O) groups excluding carboxylic acids is 1. The Morgan fingerprint density at radius 1 is 1.32 bits per heavy atom. The SMILES string of the molecule is Cl.O=C(Cc1coc2cc3c(cc12)CCC3)NC1CCNC1. The van der Waals surface area contributed by atoms with E-state index >= 15 is 0 Å². The molecule has 2 aromatic rings. The van der Waals surface area contributed by atoms with E-state index < -0.39 is 0 Å². The minimum atomic E-state index is 0. The number of nitrogens with one attached hydrogen (secondary N) is 2. The summed E-state index contributed by atoms with van der Waals surface area (Å²) in [5, 5.41) is 7.46. The van der Waals surface area contributed by atoms with Gasteiger partial charge in [0.05, 0.1) is 12.7 Å². The zero-order valence-corrected chi connectivity index (χ0v) is 13.3. The third-order valence-electron chi connectivity index (χ3n) is 4.64. The van der Waals surface area contributed by atoms with E-state index in [2.05, 4.69) is 22.8 Å². The number of halogens is 1. The van der Waals surface area contributed by atoms with Gasteiger partial charge in [-0.2, -0.15) is 0 Å². The molecule has 0 bridgehead atoms. The second-order valence-corrected chi connectivity index (χ2v) is 6.17. The minimum absolute atomic E-state index is 0. The number of hydrogen-bond donors (Lipinski definition) is 2. The van der Waals surface area contributed by atoms with Crippen LogP contribution >= 0.6 is 12.4 Å². The van der Waals surface area contributed by atoms with Crippen LogP contribution in [0.25, 0.3) is 11.0 Å². The Morgan fingerprint density at radius 3 is 2.91 bits per heavy atom. The van der Waals surface area contributed by atoms with Gasteiger partial charge in [0.15, 0.2) is 0 Å². The summed E-state index contributed by atoms with van der Waals surface area (Å²) in [5.41, 5.74) is 4.75. The zero-order valence-electron chi connectivity index (χ0n) is 12.5. The first-order valence-electron chi connectivity index (χ1n) is 7.81. The van der Waals surface area contributed by atoms with Crippen LogP contribution in [0, 0.1) is 0 Å². The molecule has 0 spiro atoms. The quantitative estimate of drug-likeness (QED) is 0.913. The minimum Gasteiger partial charge on any atom is -0.464 e. The fraction of sp³-hybridized carbons (Fsp3) is 0.471. The summed E-state index contributed by atoms with van der Waals surface area (Å²) in [7, 11) is 0. The summed E-state index contributed by atoms with van der Waals surface area (Å²) in [4.78, 5) is 12.2. The lowest BCUT2D eigenvalue weighted by atomic mass is 10.0. The summed E-state index contributed by atoms with van der Waals surface area (Å²) in [6.45, 7) is 1.87. The van der Waals surface area contributed by atoms with E-state index in [4.69, 9.17) is 4.42 Å². The molecule has 1 unspecified atom stereocenters. The monoisotopic (exact) mass is 320 g/mol. The molecule has 1 aliphatic heterocycles. The molecule has 1 atom stereocenters. The van der Waals surface area contributed by atoms with Gasteiger partial charge >= 0.3 is 0 Å². The van der Waals surface area contributed by atoms with Crippen molar-refractivity contribution in [2.75, 3.05) is 13.1 Å². The molecule has 22 heavy (non-hydrogen) atoms. The maximum absolute atomic E-state index is 12.2. The van der Waals surface area contributed by atoms with Crippen molar-refractivity contribution in [1.82, 2.24) is 10.6 Å². The van der Waals surface area contributed by atoms with Gasteiger partial charge in [0.1, 0.15) is 5.58 Å². The van der Waals surface area contributed by atoms with Crippen LogP contribution < -0.4 is 10.6 Å². The predicted octanol–water partition coefficient (Wildman–Crippen LogP) is 2.36. The number of aryl methyl sites for hydroxylation is 2. The number of rotatable bonds is 3. The Hall–Kier alpha value is -1.52. The lowest BCUT2D eigenvalue weighted by Crippen LogP contribution is -2.37. The Labute approximate surface area is 136 Å². The molecule has 4 rings (SSSR count). The molecule has 2 aliphatic rings. The topological polar surface area (TPSA) is 54.3 Å². The lowest BCUT2D eigenvalue weighted by molar-refractivity contribution is -0.121. The predicted molar refractivity (Wildman–Crippen MR) is 88.6 cm³/mol. The normalized spacial score (nSPS) is 19.9. The first kappa shape index (κ1) is 15.4. The van der Waals surface area contributed by atoms with Gasteiger partial charge in [-0.3, -0.25) is 4.79 Å². The van der Waals surface area contributed by atoms with Gasteiger partial charge in [-0.1, -0.05) is 0 Å². The fourth-order valence-corrected chi connectivity index (χ4v) is 3.51. The standard InChI is InChI=1S/C17H20N2O2.ClH/c20-17(19-14-4-5-18-9-14)8-13-10-21-16-7-12-3-1-2-11(12)6-15(13)16;/h6-7,10,14,18H,1-5,8-9H2,(H,19,20);1H. The Kier molecular flexibility index (Phi) is 4.41. The van der Waals surface area contributed by atoms with Crippen LogP contribution in [-0.4, -0.2) is 25.0 Å². The maximum atomic E-state index is 12.2. The van der Waals surface area contributed by atoms with Crippen molar-refractivity contribution in [2.24, 2.45) is 0 Å². The molecule has 0 saturated carbocycles. The van der Waals surface area contributed by atoms with E-state index in [1.165, 1.54) is 17.5 Å². The van der Waals surface area contributed by atoms with E-state index in [0.29, 0.717) is 6.42 Å². The number of amides is 1. The molecule has 1 aliphatic carbocycles. The number of carbonyl (C=O) groups is 1. The average Bonchev–Trinajstić information content (AvgIpc) is 3.18. The second-order valence-electron chi connectivity index (χ2n) is 6.17. The van der Waals surface area contributed by atoms with Crippen LogP contribution in [0.1, 0.15) is 29.5 Å². The van der Waals surface area contributed by atoms with E-state index in [9.17, 15) is 4.79 Å². The molecule has 1 fully saturated rings. The second kappa shape index (κ2) is 6.31. The molecule has 1 amide bonds. The summed E-state index contributed by atoms with van der Waals surface area (Å²) in [6, 6.07) is 4.65. The molecular formula is C17H21ClN2O2. The van der Waals surface area contributed by atoms with E-state index in [1.54, 1.807) is 6.26 Å². The molecule has 118 valence electrons. The fourth-order valence-electron chi connectivity index (χ4n) is 3.51. The van der Waals surface area contributed by atoms with Gasteiger partial charge in [0.25, 0.3) is 0 Å². The van der Waals surface area contributed by atoms with Crippen molar-refractivity contribution in [3.05, 3.63) is 35.1 Å². The van der Waals surface area contributed by atoms with Crippen LogP contribution in [0.5, 0.6) is 0 Å². The van der Waals surface area contributed by atoms with Gasteiger partial charge < -0.3 is 15.1 Å². The number of furan rings is 1. The Morgan fingerprint density at radius 2 is 2.14 bits per heavy atom. The van der Waals surface area contributed by atoms with Crippen LogP contribution in [-0.2, 0) is 24.1 Å². The highest BCUT2D eigenvalue weighted by atomic mass is 35.5. The first-order chi connectivity index (χ1) is 10.3. The number of fused-ring (bicyclic) bond motifs is 2. The third-order valence-corrected chi connectivity index (χ3v) is 4.64. The van der Waals surface area contributed by atoms with Gasteiger partial charge in [-0.15, -0.1) is 12.4 Å². The summed E-state index contributed by atoms with van der Waals surface area (Å²) < 4.78 is 5.65. The number of benzene rings is 1. The van der Waals surface area contributed by atoms with E-state index in [-0.39, 0.29) is 24.4 Å². The van der Waals surface area contributed by atoms with E-state index in [0.717, 1.165) is 48.9 Å². The van der Waals surface area contributed by atoms with Gasteiger partial charge in [-0.25, -0.2) is 0 Å². The highest BCUT2D eigenvalue weighted by Crippen LogP contribution is 2.30. The van der Waals surface area contributed by atoms with E-state index in [1.807, 2.05) is 0 Å². The van der Waals surface area contributed by atoms with Gasteiger partial charge in [0, 0.05) is 23.5 Å². The molecular weight excluding hydrogens is 300 g/mol. The summed E-state index contributed by atoms with van der Waals surface area (Å²) >= 11 is 0. The zero-order chi connectivity index (χ0) is 14.2. The maximum Gasteiger partial charge on any atom is 0.224 e. The molecule has 1 aromatic heterocycles. The van der Waals surface area contributed by atoms with Crippen LogP contribution in [0.2, 0.25) is 0 Å². The molecule has 2 N–H and O–H groups in total. The average molecular weight is 321 g/mol. The van der Waals surface area contributed by atoms with Crippen molar-refractivity contribution in [3.63, 3.8) is 0 Å². The van der Waals surface area contributed by atoms with Crippen molar-refractivity contribution < 1.29 is 9.21 Å². The lowest BCUT2D eigenvalue weighted by Gasteiger charge is -2.10. The Balaban J connectivity index is 0.00000144. The highest BCUT2D eigenvalue weighted by Gasteiger charge is 2.19. The molecule has 1 saturated heterocycles. The molecule has 2 heterocycles. The van der Waals surface area contributed by atoms with Crippen LogP contribution in [0.15, 0.2) is 22.8 Å². The smallest absolute Gasteiger partial charge is 0.224 e. The molecule has 4 nitrogen and oxygen atoms in total. The van der Waals surface area contributed by atoms with Crippen molar-refractivity contribution in [3.8, 4) is 0 Å². The highest BCUT2D eigenvalue weighted by molar-refractivity contribution is 5.88. The molecule has 0 radical (unpaired) electrons. The van der Waals surface area contributed by atoms with Crippen molar-refractivity contribution >= 4 is 29.3 Å². The number of hydrogen-bond acceptors (Lipinski definition) is 3. The van der Waals surface area contributed by atoms with Crippen LogP contribution in [0.4, 0.5) is 0 Å². The third kappa shape index (κ3) is 2.85. The molecule has 5 heteroatoms. The van der Waals surface area contributed by atoms with Crippen LogP contribution in [0.3, 0.4) is 0 Å². The van der Waals surface area contributed by atoms with Crippen molar-refractivity contribution in [1.29, 1.82) is 0 Å². The van der Waals surface area contributed by atoms with Crippen molar-refractivity contribution in [2.45, 2.75) is 38.1 Å². The summed E-state index contributed by atoms with van der Waals surface area (Å²) in [6.07, 6.45) is 6.69. The largest absolute Gasteiger partial charge is 0.464 e. The molecule has 1 aromatic carbocycles. The van der Waals surface area contributed by atoms with Gasteiger partial charge in [-0.05, 0) is 55.5 Å². The summed E-state index contributed by atoms with van der Waals surface area (Å²) in [5.74, 6) is 0.0897. The first-order valence-corrected chi connectivity index (χ1v) is 7.81. The Bertz CT molecular complexity index is 689.